The van der Waals surface area contributed by atoms with E-state index in [1.54, 1.807) is 0 Å². The molecule has 1 unspecified atom stereocenters. The summed E-state index contributed by atoms with van der Waals surface area (Å²) < 4.78 is 0. The number of amides is 1. The molecule has 0 radical (unpaired) electrons. The van der Waals surface area contributed by atoms with Crippen molar-refractivity contribution < 1.29 is 4.79 Å². The number of hydrogen-bond donors (Lipinski definition) is 0. The summed E-state index contributed by atoms with van der Waals surface area (Å²) in [5, 5.41) is 0. The van der Waals surface area contributed by atoms with E-state index in [-0.39, 0.29) is 5.54 Å². The predicted molar refractivity (Wildman–Crippen MR) is 60.7 cm³/mol. The fourth-order valence-electron chi connectivity index (χ4n) is 2.60. The Morgan fingerprint density at radius 2 is 2.00 bits per heavy atom. The Hall–Kier alpha value is -0.570. The van der Waals surface area contributed by atoms with Crippen molar-refractivity contribution in [3.63, 3.8) is 0 Å². The van der Waals surface area contributed by atoms with Crippen molar-refractivity contribution in [1.29, 1.82) is 0 Å². The largest absolute Gasteiger partial charge is 0.337 e. The van der Waals surface area contributed by atoms with Crippen molar-refractivity contribution >= 4 is 5.91 Å². The maximum atomic E-state index is 12.0. The van der Waals surface area contributed by atoms with Crippen LogP contribution in [0.5, 0.6) is 0 Å². The average Bonchev–Trinajstić information content (AvgIpc) is 2.16. The first-order valence-electron chi connectivity index (χ1n) is 6.03. The van der Waals surface area contributed by atoms with E-state index in [2.05, 4.69) is 30.6 Å². The van der Waals surface area contributed by atoms with Crippen LogP contribution in [0, 0.1) is 0 Å². The Labute approximate surface area is 92.4 Å². The molecule has 1 atom stereocenters. The third kappa shape index (κ3) is 2.17. The molecule has 0 aromatic rings. The Bertz CT molecular complexity index is 257. The molecule has 2 aliphatic heterocycles. The van der Waals surface area contributed by atoms with Crippen molar-refractivity contribution in [3.05, 3.63) is 0 Å². The molecule has 0 bridgehead atoms. The number of hydrogen-bond acceptors (Lipinski definition) is 2. The lowest BCUT2D eigenvalue weighted by Crippen LogP contribution is -2.61. The fourth-order valence-corrected chi connectivity index (χ4v) is 2.60. The van der Waals surface area contributed by atoms with Crippen molar-refractivity contribution in [3.8, 4) is 0 Å². The second kappa shape index (κ2) is 3.78. The molecule has 0 saturated carbocycles. The van der Waals surface area contributed by atoms with Crippen molar-refractivity contribution in [2.75, 3.05) is 19.6 Å². The van der Waals surface area contributed by atoms with E-state index < -0.39 is 0 Å². The average molecular weight is 210 g/mol. The molecule has 2 heterocycles. The number of piperidine rings is 1. The smallest absolute Gasteiger partial charge is 0.237 e. The molecule has 1 amide bonds. The van der Waals surface area contributed by atoms with Crippen LogP contribution in [0.15, 0.2) is 0 Å². The van der Waals surface area contributed by atoms with E-state index in [9.17, 15) is 4.79 Å². The van der Waals surface area contributed by atoms with E-state index in [1.165, 1.54) is 19.3 Å². The van der Waals surface area contributed by atoms with Crippen molar-refractivity contribution in [2.45, 2.75) is 51.6 Å². The van der Waals surface area contributed by atoms with Crippen LogP contribution in [0.3, 0.4) is 0 Å². The third-order valence-corrected chi connectivity index (χ3v) is 3.65. The first-order valence-corrected chi connectivity index (χ1v) is 6.03. The van der Waals surface area contributed by atoms with Gasteiger partial charge in [0.25, 0.3) is 0 Å². The zero-order valence-electron chi connectivity index (χ0n) is 10.1. The molecule has 0 spiro atoms. The second-order valence-corrected chi connectivity index (χ2v) is 5.79. The van der Waals surface area contributed by atoms with Gasteiger partial charge in [0.2, 0.25) is 5.91 Å². The van der Waals surface area contributed by atoms with Gasteiger partial charge in [0.1, 0.15) is 0 Å². The van der Waals surface area contributed by atoms with Crippen LogP contribution in [-0.2, 0) is 4.79 Å². The highest BCUT2D eigenvalue weighted by atomic mass is 16.2. The van der Waals surface area contributed by atoms with Crippen LogP contribution >= 0.6 is 0 Å². The maximum Gasteiger partial charge on any atom is 0.237 e. The lowest BCUT2D eigenvalue weighted by molar-refractivity contribution is -0.144. The zero-order valence-corrected chi connectivity index (χ0v) is 10.1. The number of carbonyl (C=O) groups is 1. The van der Waals surface area contributed by atoms with Gasteiger partial charge in [-0.2, -0.15) is 0 Å². The Balaban J connectivity index is 2.08. The minimum Gasteiger partial charge on any atom is -0.337 e. The van der Waals surface area contributed by atoms with Crippen molar-refractivity contribution in [2.24, 2.45) is 0 Å². The van der Waals surface area contributed by atoms with Gasteiger partial charge in [-0.05, 0) is 40.0 Å². The molecule has 0 aliphatic carbocycles. The van der Waals surface area contributed by atoms with Gasteiger partial charge in [-0.25, -0.2) is 0 Å². The van der Waals surface area contributed by atoms with Gasteiger partial charge in [0, 0.05) is 24.7 Å². The highest BCUT2D eigenvalue weighted by Gasteiger charge is 2.37. The van der Waals surface area contributed by atoms with Gasteiger partial charge in [-0.1, -0.05) is 0 Å². The molecule has 3 nitrogen and oxygen atoms in total. The molecule has 15 heavy (non-hydrogen) atoms. The molecule has 0 aromatic heterocycles. The Kier molecular flexibility index (Phi) is 2.75. The third-order valence-electron chi connectivity index (χ3n) is 3.65. The maximum absolute atomic E-state index is 12.0. The molecule has 2 saturated heterocycles. The molecule has 86 valence electrons. The second-order valence-electron chi connectivity index (χ2n) is 5.79. The topological polar surface area (TPSA) is 23.6 Å². The van der Waals surface area contributed by atoms with Gasteiger partial charge < -0.3 is 4.90 Å². The molecule has 0 aromatic carbocycles. The predicted octanol–water partition coefficient (Wildman–Crippen LogP) is 1.48. The van der Waals surface area contributed by atoms with Crippen LogP contribution < -0.4 is 0 Å². The van der Waals surface area contributed by atoms with E-state index in [0.717, 1.165) is 13.1 Å². The van der Waals surface area contributed by atoms with E-state index in [0.29, 0.717) is 18.5 Å². The minimum absolute atomic E-state index is 0.124. The quantitative estimate of drug-likeness (QED) is 0.604. The molecular weight excluding hydrogens is 188 g/mol. The van der Waals surface area contributed by atoms with Gasteiger partial charge in [0.05, 0.1) is 6.54 Å². The summed E-state index contributed by atoms with van der Waals surface area (Å²) in [6, 6.07) is 0.485. The molecule has 3 heteroatoms. The summed E-state index contributed by atoms with van der Waals surface area (Å²) in [6.45, 7) is 9.24. The lowest BCUT2D eigenvalue weighted by atomic mass is 9.95. The summed E-state index contributed by atoms with van der Waals surface area (Å²) in [5.74, 6) is 0.334. The lowest BCUT2D eigenvalue weighted by Gasteiger charge is -2.48. The minimum atomic E-state index is 0.124. The van der Waals surface area contributed by atoms with Crippen molar-refractivity contribution in [1.82, 2.24) is 9.80 Å². The normalized spacial score (nSPS) is 29.1. The molecule has 2 rings (SSSR count). The molecular formula is C12H22N2O. The van der Waals surface area contributed by atoms with Crippen LogP contribution in [0.1, 0.15) is 40.0 Å². The van der Waals surface area contributed by atoms with E-state index in [4.69, 9.17) is 0 Å². The number of fused-ring (bicyclic) bond motifs is 1. The number of rotatable bonds is 0. The highest BCUT2D eigenvalue weighted by molar-refractivity contribution is 5.79. The summed E-state index contributed by atoms with van der Waals surface area (Å²) in [5.41, 5.74) is 0.124. The van der Waals surface area contributed by atoms with Crippen LogP contribution in [0.2, 0.25) is 0 Å². The van der Waals surface area contributed by atoms with Gasteiger partial charge >= 0.3 is 0 Å². The van der Waals surface area contributed by atoms with E-state index in [1.807, 2.05) is 0 Å². The SMILES string of the molecule is CC(C)(C)N1CC(=O)N2CCCCC2C1. The molecule has 0 N–H and O–H groups in total. The summed E-state index contributed by atoms with van der Waals surface area (Å²) in [4.78, 5) is 16.4. The number of nitrogens with zero attached hydrogens (tertiary/aromatic N) is 2. The number of piperazine rings is 1. The van der Waals surface area contributed by atoms with Crippen LogP contribution in [-0.4, -0.2) is 46.9 Å². The Morgan fingerprint density at radius 1 is 1.27 bits per heavy atom. The van der Waals surface area contributed by atoms with Crippen LogP contribution in [0.4, 0.5) is 0 Å². The van der Waals surface area contributed by atoms with Gasteiger partial charge in [0.15, 0.2) is 0 Å². The summed E-state index contributed by atoms with van der Waals surface area (Å²) in [6.07, 6.45) is 3.67. The van der Waals surface area contributed by atoms with Gasteiger partial charge in [-0.3, -0.25) is 9.69 Å². The summed E-state index contributed by atoms with van der Waals surface area (Å²) >= 11 is 0. The van der Waals surface area contributed by atoms with Gasteiger partial charge in [-0.15, -0.1) is 0 Å². The molecule has 2 aliphatic rings. The summed E-state index contributed by atoms with van der Waals surface area (Å²) in [7, 11) is 0. The fraction of sp³-hybridized carbons (Fsp3) is 0.917. The standard InChI is InChI=1S/C12H22N2O/c1-12(2,3)13-8-10-6-4-5-7-14(10)11(15)9-13/h10H,4-9H2,1-3H3. The number of carbonyl (C=O) groups excluding carboxylic acids is 1. The highest BCUT2D eigenvalue weighted by Crippen LogP contribution is 2.25. The van der Waals surface area contributed by atoms with E-state index >= 15 is 0 Å². The zero-order chi connectivity index (χ0) is 11.1. The first kappa shape index (κ1) is 10.9. The monoisotopic (exact) mass is 210 g/mol. The van der Waals surface area contributed by atoms with Crippen LogP contribution in [0.25, 0.3) is 0 Å². The molecule has 2 fully saturated rings. The Morgan fingerprint density at radius 3 is 2.67 bits per heavy atom. The first-order chi connectivity index (χ1) is 6.98.